The molecule has 0 radical (unpaired) electrons. The van der Waals surface area contributed by atoms with Crippen LogP contribution in [0.25, 0.3) is 0 Å². The van der Waals surface area contributed by atoms with Gasteiger partial charge in [0.2, 0.25) is 0 Å². The first-order chi connectivity index (χ1) is 13.2. The van der Waals surface area contributed by atoms with Crippen LogP contribution >= 0.6 is 0 Å². The zero-order valence-electron chi connectivity index (χ0n) is 17.4. The van der Waals surface area contributed by atoms with E-state index in [9.17, 15) is 0 Å². The molecule has 0 bridgehead atoms. The molecule has 1 atom stereocenters. The van der Waals surface area contributed by atoms with Gasteiger partial charge >= 0.3 is 0 Å². The molecular formula is C21H36N4O2. The van der Waals surface area contributed by atoms with Gasteiger partial charge in [-0.2, -0.15) is 0 Å². The van der Waals surface area contributed by atoms with Crippen molar-refractivity contribution < 1.29 is 9.47 Å². The van der Waals surface area contributed by atoms with Gasteiger partial charge in [-0.1, -0.05) is 13.0 Å². The van der Waals surface area contributed by atoms with Gasteiger partial charge < -0.3 is 25.0 Å². The third-order valence-corrected chi connectivity index (χ3v) is 4.92. The van der Waals surface area contributed by atoms with Gasteiger partial charge in [-0.25, -0.2) is 0 Å². The number of likely N-dealkylation sites (tertiary alicyclic amines) is 1. The van der Waals surface area contributed by atoms with Crippen LogP contribution in [0.2, 0.25) is 0 Å². The van der Waals surface area contributed by atoms with Crippen LogP contribution in [0, 0.1) is 5.92 Å². The van der Waals surface area contributed by atoms with Gasteiger partial charge in [0.05, 0.1) is 14.2 Å². The number of rotatable bonds is 10. The minimum atomic E-state index is 0.679. The third-order valence-electron chi connectivity index (χ3n) is 4.92. The van der Waals surface area contributed by atoms with E-state index in [1.165, 1.54) is 38.0 Å². The van der Waals surface area contributed by atoms with Crippen LogP contribution in [0.5, 0.6) is 11.5 Å². The van der Waals surface area contributed by atoms with E-state index in [0.29, 0.717) is 5.92 Å². The molecule has 1 fully saturated rings. The average Bonchev–Trinajstić information content (AvgIpc) is 3.13. The Balaban J connectivity index is 1.82. The molecule has 1 aliphatic heterocycles. The molecule has 0 aliphatic carbocycles. The number of benzene rings is 1. The Bertz CT molecular complexity index is 592. The van der Waals surface area contributed by atoms with Gasteiger partial charge in [0.15, 0.2) is 17.5 Å². The molecule has 2 rings (SSSR count). The third kappa shape index (κ3) is 6.94. The lowest BCUT2D eigenvalue weighted by Crippen LogP contribution is -2.38. The quantitative estimate of drug-likeness (QED) is 0.485. The Morgan fingerprint density at radius 3 is 2.70 bits per heavy atom. The topological polar surface area (TPSA) is 58.1 Å². The highest BCUT2D eigenvalue weighted by atomic mass is 16.5. The van der Waals surface area contributed by atoms with Crippen molar-refractivity contribution in [3.8, 4) is 11.5 Å². The van der Waals surface area contributed by atoms with E-state index in [0.717, 1.165) is 43.5 Å². The second-order valence-electron chi connectivity index (χ2n) is 7.04. The molecule has 0 saturated carbocycles. The molecule has 1 unspecified atom stereocenters. The van der Waals surface area contributed by atoms with E-state index in [2.05, 4.69) is 35.4 Å². The molecule has 1 aliphatic rings. The first-order valence-corrected chi connectivity index (χ1v) is 10.2. The van der Waals surface area contributed by atoms with Crippen LogP contribution in [0.15, 0.2) is 23.2 Å². The Morgan fingerprint density at radius 2 is 2.00 bits per heavy atom. The van der Waals surface area contributed by atoms with E-state index < -0.39 is 0 Å². The lowest BCUT2D eigenvalue weighted by Gasteiger charge is -2.15. The van der Waals surface area contributed by atoms with Crippen molar-refractivity contribution in [3.05, 3.63) is 23.8 Å². The van der Waals surface area contributed by atoms with E-state index >= 15 is 0 Å². The average molecular weight is 377 g/mol. The first kappa shape index (κ1) is 21.4. The predicted octanol–water partition coefficient (Wildman–Crippen LogP) is 2.53. The van der Waals surface area contributed by atoms with Crippen molar-refractivity contribution in [1.29, 1.82) is 0 Å². The zero-order valence-corrected chi connectivity index (χ0v) is 17.4. The number of ether oxygens (including phenoxy) is 2. The summed E-state index contributed by atoms with van der Waals surface area (Å²) >= 11 is 0. The zero-order chi connectivity index (χ0) is 19.5. The van der Waals surface area contributed by atoms with Crippen LogP contribution < -0.4 is 20.1 Å². The summed E-state index contributed by atoms with van der Waals surface area (Å²) in [4.78, 5) is 7.36. The minimum absolute atomic E-state index is 0.679. The number of guanidine groups is 1. The van der Waals surface area contributed by atoms with E-state index in [4.69, 9.17) is 14.5 Å². The lowest BCUT2D eigenvalue weighted by molar-refractivity contribution is 0.326. The molecule has 2 N–H and O–H groups in total. The van der Waals surface area contributed by atoms with Crippen molar-refractivity contribution in [3.63, 3.8) is 0 Å². The fourth-order valence-electron chi connectivity index (χ4n) is 3.50. The highest BCUT2D eigenvalue weighted by Crippen LogP contribution is 2.27. The Labute approximate surface area is 164 Å². The summed E-state index contributed by atoms with van der Waals surface area (Å²) in [5.41, 5.74) is 1.21. The van der Waals surface area contributed by atoms with Gasteiger partial charge in [0, 0.05) is 26.2 Å². The van der Waals surface area contributed by atoms with Crippen LogP contribution in [0.3, 0.4) is 0 Å². The van der Waals surface area contributed by atoms with Gasteiger partial charge in [-0.3, -0.25) is 4.99 Å². The first-order valence-electron chi connectivity index (χ1n) is 10.2. The lowest BCUT2D eigenvalue weighted by atomic mass is 10.1. The second-order valence-corrected chi connectivity index (χ2v) is 7.04. The summed E-state index contributed by atoms with van der Waals surface area (Å²) in [6, 6.07) is 6.06. The number of hydrogen-bond donors (Lipinski definition) is 2. The van der Waals surface area contributed by atoms with Gasteiger partial charge in [0.1, 0.15) is 0 Å². The van der Waals surface area contributed by atoms with Crippen molar-refractivity contribution in [1.82, 2.24) is 15.5 Å². The van der Waals surface area contributed by atoms with Gasteiger partial charge in [-0.15, -0.1) is 0 Å². The number of nitrogens with zero attached hydrogens (tertiary/aromatic N) is 2. The fraction of sp³-hybridized carbons (Fsp3) is 0.667. The van der Waals surface area contributed by atoms with E-state index in [-0.39, 0.29) is 0 Å². The summed E-state index contributed by atoms with van der Waals surface area (Å²) in [6.45, 7) is 10.6. The molecule has 152 valence electrons. The maximum atomic E-state index is 5.38. The summed E-state index contributed by atoms with van der Waals surface area (Å²) in [6.07, 6.45) is 3.39. The van der Waals surface area contributed by atoms with Crippen molar-refractivity contribution in [2.75, 3.05) is 53.5 Å². The maximum absolute atomic E-state index is 5.38. The highest BCUT2D eigenvalue weighted by Gasteiger charge is 2.21. The summed E-state index contributed by atoms with van der Waals surface area (Å²) in [5, 5.41) is 6.80. The smallest absolute Gasteiger partial charge is 0.191 e. The predicted molar refractivity (Wildman–Crippen MR) is 112 cm³/mol. The SMILES string of the molecule is CCCN1CCC(CN=C(NCC)NCCc2ccc(OC)c(OC)c2)C1. The molecule has 0 amide bonds. The minimum Gasteiger partial charge on any atom is -0.493 e. The molecule has 0 spiro atoms. The number of hydrogen-bond acceptors (Lipinski definition) is 4. The fourth-order valence-corrected chi connectivity index (χ4v) is 3.50. The Morgan fingerprint density at radius 1 is 1.19 bits per heavy atom. The second kappa shape index (κ2) is 11.7. The molecule has 27 heavy (non-hydrogen) atoms. The summed E-state index contributed by atoms with van der Waals surface area (Å²) in [7, 11) is 3.32. The molecular weight excluding hydrogens is 340 g/mol. The van der Waals surface area contributed by atoms with E-state index in [1.54, 1.807) is 14.2 Å². The summed E-state index contributed by atoms with van der Waals surface area (Å²) in [5.74, 6) is 3.12. The molecule has 1 aromatic rings. The van der Waals surface area contributed by atoms with Crippen LogP contribution in [-0.2, 0) is 6.42 Å². The molecule has 1 saturated heterocycles. The van der Waals surface area contributed by atoms with E-state index in [1.807, 2.05) is 12.1 Å². The van der Waals surface area contributed by atoms with Crippen LogP contribution in [0.1, 0.15) is 32.3 Å². The Hall–Kier alpha value is -1.95. The summed E-state index contributed by atoms with van der Waals surface area (Å²) < 4.78 is 10.7. The molecule has 6 heteroatoms. The standard InChI is InChI=1S/C21H36N4O2/c1-5-12-25-13-10-18(16-25)15-24-21(22-6-2)23-11-9-17-7-8-19(26-3)20(14-17)27-4/h7-8,14,18H,5-6,9-13,15-16H2,1-4H3,(H2,22,23,24). The molecule has 1 heterocycles. The normalized spacial score (nSPS) is 17.8. The highest BCUT2D eigenvalue weighted by molar-refractivity contribution is 5.79. The maximum Gasteiger partial charge on any atom is 0.191 e. The van der Waals surface area contributed by atoms with Crippen LogP contribution in [0.4, 0.5) is 0 Å². The monoisotopic (exact) mass is 376 g/mol. The molecule has 0 aromatic heterocycles. The van der Waals surface area contributed by atoms with Crippen molar-refractivity contribution >= 4 is 5.96 Å². The van der Waals surface area contributed by atoms with Crippen molar-refractivity contribution in [2.24, 2.45) is 10.9 Å². The largest absolute Gasteiger partial charge is 0.493 e. The van der Waals surface area contributed by atoms with Crippen molar-refractivity contribution in [2.45, 2.75) is 33.1 Å². The molecule has 1 aromatic carbocycles. The molecule has 6 nitrogen and oxygen atoms in total. The Kier molecular flexibility index (Phi) is 9.25. The number of aliphatic imine (C=N–C) groups is 1. The number of methoxy groups -OCH3 is 2. The van der Waals surface area contributed by atoms with Gasteiger partial charge in [0.25, 0.3) is 0 Å². The van der Waals surface area contributed by atoms with Gasteiger partial charge in [-0.05, 0) is 62.9 Å². The van der Waals surface area contributed by atoms with Crippen LogP contribution in [-0.4, -0.2) is 64.3 Å². The number of nitrogens with one attached hydrogen (secondary N) is 2.